The molecule has 0 aromatic heterocycles. The Hall–Kier alpha value is -7.80. The van der Waals surface area contributed by atoms with E-state index in [4.69, 9.17) is 0 Å². The molecule has 0 N–H and O–H groups in total. The Kier molecular flexibility index (Phi) is 5.73. The molecule has 0 saturated carbocycles. The van der Waals surface area contributed by atoms with Gasteiger partial charge in [0.2, 0.25) is 0 Å². The van der Waals surface area contributed by atoms with Gasteiger partial charge in [0.1, 0.15) is 0 Å². The third-order valence-electron chi connectivity index (χ3n) is 16.3. The second-order valence-electron chi connectivity index (χ2n) is 18.5. The maximum absolute atomic E-state index is 2.67. The van der Waals surface area contributed by atoms with E-state index >= 15 is 0 Å². The molecule has 0 heterocycles. The predicted octanol–water partition coefficient (Wildman–Crippen LogP) is 14.7. The van der Waals surface area contributed by atoms with Gasteiger partial charge in [-0.2, -0.15) is 0 Å². The highest BCUT2D eigenvalue weighted by Gasteiger charge is 2.58. The van der Waals surface area contributed by atoms with Crippen molar-refractivity contribution in [3.63, 3.8) is 0 Å². The van der Waals surface area contributed by atoms with Crippen LogP contribution in [-0.4, -0.2) is 0 Å². The molecule has 16 rings (SSSR count). The monoisotopic (exact) mass is 792 g/mol. The van der Waals surface area contributed by atoms with E-state index in [-0.39, 0.29) is 0 Å². The highest BCUT2D eigenvalue weighted by molar-refractivity contribution is 6.04. The van der Waals surface area contributed by atoms with Gasteiger partial charge in [0, 0.05) is 0 Å². The highest BCUT2D eigenvalue weighted by Crippen LogP contribution is 2.70. The third kappa shape index (κ3) is 3.41. The number of hydrogen-bond donors (Lipinski definition) is 0. The van der Waals surface area contributed by atoms with E-state index in [1.54, 1.807) is 0 Å². The lowest BCUT2D eigenvalue weighted by molar-refractivity contribution is 0.780. The van der Waals surface area contributed by atoms with Gasteiger partial charge in [0.15, 0.2) is 0 Å². The van der Waals surface area contributed by atoms with Gasteiger partial charge in [-0.25, -0.2) is 0 Å². The molecule has 0 bridgehead atoms. The maximum atomic E-state index is 2.67. The smallest absolute Gasteiger partial charge is 0.0619 e. The summed E-state index contributed by atoms with van der Waals surface area (Å²) in [5.74, 6) is 0. The van der Waals surface area contributed by atoms with Gasteiger partial charge < -0.3 is 0 Å². The van der Waals surface area contributed by atoms with E-state index < -0.39 is 16.2 Å². The average molecular weight is 793 g/mol. The molecule has 0 radical (unpaired) electrons. The van der Waals surface area contributed by atoms with Gasteiger partial charge in [-0.1, -0.05) is 194 Å². The average Bonchev–Trinajstić information content (AvgIpc) is 4.14. The van der Waals surface area contributed by atoms with Crippen LogP contribution in [0.5, 0.6) is 0 Å². The van der Waals surface area contributed by atoms with Crippen LogP contribution in [0, 0.1) is 0 Å². The first-order valence-corrected chi connectivity index (χ1v) is 22.4. The molecular formula is C63H36. The van der Waals surface area contributed by atoms with Crippen molar-refractivity contribution in [2.24, 2.45) is 0 Å². The Morgan fingerprint density at radius 2 is 0.286 bits per heavy atom. The predicted molar refractivity (Wildman–Crippen MR) is 255 cm³/mol. The highest BCUT2D eigenvalue weighted by atomic mass is 14.6. The first-order valence-electron chi connectivity index (χ1n) is 22.4. The van der Waals surface area contributed by atoms with Crippen molar-refractivity contribution >= 4 is 0 Å². The number of rotatable bonds is 0. The molecule has 288 valence electrons. The second-order valence-corrected chi connectivity index (χ2v) is 18.5. The molecule has 0 atom stereocenters. The fraction of sp³-hybridized carbons (Fsp3) is 0.0476. The largest absolute Gasteiger partial charge is 0.0725 e. The molecule has 63 heavy (non-hydrogen) atoms. The van der Waals surface area contributed by atoms with Gasteiger partial charge in [-0.05, 0) is 158 Å². The summed E-state index contributed by atoms with van der Waals surface area (Å²) in [4.78, 5) is 0. The number of hydrogen-bond acceptors (Lipinski definition) is 0. The summed E-state index contributed by atoms with van der Waals surface area (Å²) in [6, 6.07) is 84.5. The van der Waals surface area contributed by atoms with Gasteiger partial charge in [-0.15, -0.1) is 0 Å². The maximum Gasteiger partial charge on any atom is 0.0725 e. The topological polar surface area (TPSA) is 0 Å². The molecule has 0 amide bonds. The Morgan fingerprint density at radius 1 is 0.143 bits per heavy atom. The molecule has 10 aromatic rings. The Bertz CT molecular complexity index is 3420. The Balaban J connectivity index is 1.09. The van der Waals surface area contributed by atoms with Crippen LogP contribution >= 0.6 is 0 Å². The Morgan fingerprint density at radius 3 is 0.492 bits per heavy atom. The minimum atomic E-state index is -0.506. The van der Waals surface area contributed by atoms with Crippen LogP contribution in [0.2, 0.25) is 0 Å². The summed E-state index contributed by atoms with van der Waals surface area (Å²) in [5.41, 5.74) is 31.3. The fourth-order valence-corrected chi connectivity index (χ4v) is 14.3. The summed E-state index contributed by atoms with van der Waals surface area (Å²) in [6.07, 6.45) is 0. The van der Waals surface area contributed by atoms with Crippen molar-refractivity contribution in [2.45, 2.75) is 16.2 Å². The van der Waals surface area contributed by atoms with Crippen molar-refractivity contribution < 1.29 is 0 Å². The van der Waals surface area contributed by atoms with Crippen molar-refractivity contribution in [3.8, 4) is 66.8 Å². The molecule has 0 aliphatic heterocycles. The minimum Gasteiger partial charge on any atom is -0.0619 e. The molecule has 0 heteroatoms. The summed E-state index contributed by atoms with van der Waals surface area (Å²) < 4.78 is 0. The summed E-state index contributed by atoms with van der Waals surface area (Å²) in [5, 5.41) is 0. The Labute approximate surface area is 366 Å². The zero-order chi connectivity index (χ0) is 40.8. The lowest BCUT2D eigenvalue weighted by Gasteiger charge is -2.33. The van der Waals surface area contributed by atoms with E-state index in [0.717, 1.165) is 0 Å². The molecular weight excluding hydrogens is 757 g/mol. The van der Waals surface area contributed by atoms with Crippen molar-refractivity contribution in [1.82, 2.24) is 0 Å². The summed E-state index contributed by atoms with van der Waals surface area (Å²) >= 11 is 0. The second kappa shape index (κ2) is 11.0. The quantitative estimate of drug-likeness (QED) is 0.143. The summed E-state index contributed by atoms with van der Waals surface area (Å²) in [7, 11) is 0. The molecule has 6 aliphatic rings. The normalized spacial score (nSPS) is 16.0. The van der Waals surface area contributed by atoms with Gasteiger partial charge in [-0.3, -0.25) is 0 Å². The molecule has 0 fully saturated rings. The van der Waals surface area contributed by atoms with Crippen LogP contribution in [0.15, 0.2) is 218 Å². The zero-order valence-electron chi connectivity index (χ0n) is 34.3. The number of fused-ring (bicyclic) bond motifs is 30. The van der Waals surface area contributed by atoms with Crippen LogP contribution in [0.3, 0.4) is 0 Å². The standard InChI is InChI=1S/C63H36/c1-9-25-49-37(17-1)38-18-2-10-26-50(38)61(49)55-31-15-7-23-43(55)45-33-59-47(35-57(45)61)48-36-58-46(34-60(48)63(59)53-29-13-5-21-41(53)42-22-6-14-30-54(42)63)44-24-8-16-32-56(44)62(58)51-27-11-3-19-39(51)40-20-4-12-28-52(40)62/h1-36H. The zero-order valence-corrected chi connectivity index (χ0v) is 34.3. The third-order valence-corrected chi connectivity index (χ3v) is 16.3. The van der Waals surface area contributed by atoms with E-state index in [9.17, 15) is 0 Å². The van der Waals surface area contributed by atoms with Crippen LogP contribution in [0.25, 0.3) is 66.8 Å². The lowest BCUT2D eigenvalue weighted by atomic mass is 9.68. The van der Waals surface area contributed by atoms with Crippen LogP contribution < -0.4 is 0 Å². The molecule has 10 aromatic carbocycles. The van der Waals surface area contributed by atoms with E-state index in [1.165, 1.54) is 134 Å². The first-order chi connectivity index (χ1) is 31.3. The van der Waals surface area contributed by atoms with Crippen molar-refractivity contribution in [1.29, 1.82) is 0 Å². The van der Waals surface area contributed by atoms with E-state index in [1.807, 2.05) is 0 Å². The molecule has 0 unspecified atom stereocenters. The van der Waals surface area contributed by atoms with Crippen LogP contribution in [-0.2, 0) is 16.2 Å². The first kappa shape index (κ1) is 32.9. The molecule has 6 aliphatic carbocycles. The van der Waals surface area contributed by atoms with E-state index in [0.29, 0.717) is 0 Å². The van der Waals surface area contributed by atoms with Crippen LogP contribution in [0.4, 0.5) is 0 Å². The van der Waals surface area contributed by atoms with Crippen molar-refractivity contribution in [2.75, 3.05) is 0 Å². The van der Waals surface area contributed by atoms with Crippen molar-refractivity contribution in [3.05, 3.63) is 285 Å². The summed E-state index contributed by atoms with van der Waals surface area (Å²) in [6.45, 7) is 0. The fourth-order valence-electron chi connectivity index (χ4n) is 14.3. The SMILES string of the molecule is c1ccc2c(c1)-c1ccccc1C21c2ccccc2-c2cc3c(cc21)-c1cc2c(cc1C31c3ccccc3-c3ccccc31)-c1ccccc1C21c2ccccc2-c2ccccc21. The van der Waals surface area contributed by atoms with Gasteiger partial charge >= 0.3 is 0 Å². The van der Waals surface area contributed by atoms with Gasteiger partial charge in [0.05, 0.1) is 16.2 Å². The molecule has 3 spiro atoms. The van der Waals surface area contributed by atoms with Crippen LogP contribution in [0.1, 0.15) is 66.8 Å². The molecule has 0 nitrogen and oxygen atoms in total. The lowest BCUT2D eigenvalue weighted by Crippen LogP contribution is -2.27. The molecule has 0 saturated heterocycles. The van der Waals surface area contributed by atoms with E-state index in [2.05, 4.69) is 218 Å². The number of benzene rings is 10. The van der Waals surface area contributed by atoms with Gasteiger partial charge in [0.25, 0.3) is 0 Å². The minimum absolute atomic E-state index is 0.437.